The largest absolute Gasteiger partial charge is 0.484 e. The van der Waals surface area contributed by atoms with E-state index >= 15 is 0 Å². The van der Waals surface area contributed by atoms with E-state index in [2.05, 4.69) is 5.32 Å². The summed E-state index contributed by atoms with van der Waals surface area (Å²) in [6, 6.07) is 13.9. The van der Waals surface area contributed by atoms with E-state index in [0.717, 1.165) is 31.2 Å². The Kier molecular flexibility index (Phi) is 9.24. The van der Waals surface area contributed by atoms with Gasteiger partial charge in [0.2, 0.25) is 5.91 Å². The predicted molar refractivity (Wildman–Crippen MR) is 128 cm³/mol. The molecule has 0 radical (unpaired) electrons. The van der Waals surface area contributed by atoms with Crippen molar-refractivity contribution >= 4 is 35.0 Å². The quantitative estimate of drug-likeness (QED) is 0.510. The highest BCUT2D eigenvalue weighted by atomic mass is 35.5. The van der Waals surface area contributed by atoms with Crippen LogP contribution in [-0.4, -0.2) is 35.4 Å². The van der Waals surface area contributed by atoms with E-state index in [-0.39, 0.29) is 31.0 Å². The van der Waals surface area contributed by atoms with Crippen LogP contribution in [0.4, 0.5) is 0 Å². The maximum atomic E-state index is 13.2. The van der Waals surface area contributed by atoms with E-state index in [0.29, 0.717) is 22.2 Å². The second kappa shape index (κ2) is 12.1. The third kappa shape index (κ3) is 6.88. The number of carbonyl (C=O) groups is 2. The highest BCUT2D eigenvalue weighted by Crippen LogP contribution is 2.24. The van der Waals surface area contributed by atoms with Crippen molar-refractivity contribution in [2.24, 2.45) is 0 Å². The number of benzene rings is 2. The smallest absolute Gasteiger partial charge is 0.261 e. The molecule has 2 amide bonds. The number of nitrogens with one attached hydrogen (secondary N) is 1. The number of rotatable bonds is 9. The topological polar surface area (TPSA) is 58.6 Å². The van der Waals surface area contributed by atoms with Gasteiger partial charge >= 0.3 is 0 Å². The van der Waals surface area contributed by atoms with Crippen LogP contribution in [0, 0.1) is 0 Å². The third-order valence-electron chi connectivity index (χ3n) is 5.80. The molecule has 2 aromatic rings. The summed E-state index contributed by atoms with van der Waals surface area (Å²) in [5.74, 6) is 0.202. The van der Waals surface area contributed by atoms with Crippen LogP contribution in [0.2, 0.25) is 10.0 Å². The molecule has 1 fully saturated rings. The van der Waals surface area contributed by atoms with E-state index in [4.69, 9.17) is 27.9 Å². The van der Waals surface area contributed by atoms with E-state index in [1.54, 1.807) is 35.2 Å². The van der Waals surface area contributed by atoms with Crippen LogP contribution in [0.3, 0.4) is 0 Å². The molecule has 0 bridgehead atoms. The van der Waals surface area contributed by atoms with Gasteiger partial charge in [-0.2, -0.15) is 0 Å². The zero-order valence-electron chi connectivity index (χ0n) is 18.4. The monoisotopic (exact) mass is 476 g/mol. The molecule has 1 atom stereocenters. The number of amides is 2. The summed E-state index contributed by atoms with van der Waals surface area (Å²) in [5, 5.41) is 4.14. The number of para-hydroxylation sites is 1. The summed E-state index contributed by atoms with van der Waals surface area (Å²) in [6.45, 7) is 1.94. The van der Waals surface area contributed by atoms with Gasteiger partial charge < -0.3 is 15.0 Å². The van der Waals surface area contributed by atoms with Crippen molar-refractivity contribution in [1.29, 1.82) is 0 Å². The maximum absolute atomic E-state index is 13.2. The molecule has 0 saturated heterocycles. The Morgan fingerprint density at radius 3 is 2.47 bits per heavy atom. The van der Waals surface area contributed by atoms with Gasteiger partial charge in [0.05, 0.1) is 0 Å². The normalized spacial score (nSPS) is 15.1. The predicted octanol–water partition coefficient (Wildman–Crippen LogP) is 5.63. The highest BCUT2D eigenvalue weighted by molar-refractivity contribution is 6.35. The number of hydrogen-bond donors (Lipinski definition) is 1. The lowest BCUT2D eigenvalue weighted by Gasteiger charge is -2.33. The zero-order valence-corrected chi connectivity index (χ0v) is 19.9. The van der Waals surface area contributed by atoms with Gasteiger partial charge in [-0.15, -0.1) is 0 Å². The Morgan fingerprint density at radius 2 is 1.81 bits per heavy atom. The van der Waals surface area contributed by atoms with E-state index in [1.807, 2.05) is 25.1 Å². The third-order valence-corrected chi connectivity index (χ3v) is 6.39. The van der Waals surface area contributed by atoms with Gasteiger partial charge in [0.1, 0.15) is 11.8 Å². The van der Waals surface area contributed by atoms with E-state index in [1.165, 1.54) is 6.42 Å². The molecule has 5 nitrogen and oxygen atoms in total. The number of halogens is 2. The minimum atomic E-state index is -0.615. The van der Waals surface area contributed by atoms with Crippen LogP contribution in [0.5, 0.6) is 5.75 Å². The first-order chi connectivity index (χ1) is 15.5. The second-order valence-electron chi connectivity index (χ2n) is 8.13. The Balaban J connectivity index is 1.78. The highest BCUT2D eigenvalue weighted by Gasteiger charge is 2.31. The van der Waals surface area contributed by atoms with Gasteiger partial charge in [0.15, 0.2) is 6.61 Å². The number of carbonyl (C=O) groups excluding carboxylic acids is 2. The van der Waals surface area contributed by atoms with Crippen molar-refractivity contribution in [2.45, 2.75) is 64.1 Å². The van der Waals surface area contributed by atoms with Crippen LogP contribution >= 0.6 is 23.2 Å². The lowest BCUT2D eigenvalue weighted by Crippen LogP contribution is -2.52. The molecule has 1 saturated carbocycles. The van der Waals surface area contributed by atoms with Crippen molar-refractivity contribution in [3.63, 3.8) is 0 Å². The van der Waals surface area contributed by atoms with Crippen LogP contribution in [0.1, 0.15) is 51.0 Å². The van der Waals surface area contributed by atoms with Crippen LogP contribution < -0.4 is 10.1 Å². The molecular weight excluding hydrogens is 447 g/mol. The first kappa shape index (κ1) is 24.4. The molecule has 1 aliphatic rings. The fourth-order valence-corrected chi connectivity index (χ4v) is 4.51. The Bertz CT molecular complexity index is 901. The number of hydrogen-bond acceptors (Lipinski definition) is 3. The van der Waals surface area contributed by atoms with Crippen molar-refractivity contribution in [3.05, 3.63) is 64.1 Å². The molecule has 1 aliphatic carbocycles. The van der Waals surface area contributed by atoms with Gasteiger partial charge in [0.25, 0.3) is 5.91 Å². The Morgan fingerprint density at radius 1 is 1.09 bits per heavy atom. The Labute approximate surface area is 200 Å². The van der Waals surface area contributed by atoms with Gasteiger partial charge in [-0.3, -0.25) is 9.59 Å². The SMILES string of the molecule is CC[C@H](C(=O)NC1CCCCC1)N(Cc1ccc(Cl)cc1Cl)C(=O)COc1ccccc1. The molecule has 1 N–H and O–H groups in total. The first-order valence-corrected chi connectivity index (χ1v) is 11.9. The van der Waals surface area contributed by atoms with Crippen molar-refractivity contribution in [2.75, 3.05) is 6.61 Å². The second-order valence-corrected chi connectivity index (χ2v) is 8.97. The first-order valence-electron chi connectivity index (χ1n) is 11.2. The molecule has 0 aliphatic heterocycles. The number of ether oxygens (including phenoxy) is 1. The van der Waals surface area contributed by atoms with Crippen LogP contribution in [0.25, 0.3) is 0 Å². The summed E-state index contributed by atoms with van der Waals surface area (Å²) >= 11 is 12.4. The molecule has 2 aromatic carbocycles. The minimum Gasteiger partial charge on any atom is -0.484 e. The molecule has 172 valence electrons. The average Bonchev–Trinajstić information content (AvgIpc) is 2.80. The maximum Gasteiger partial charge on any atom is 0.261 e. The summed E-state index contributed by atoms with van der Waals surface area (Å²) in [4.78, 5) is 28.0. The molecule has 0 spiro atoms. The van der Waals surface area contributed by atoms with Crippen LogP contribution in [0.15, 0.2) is 48.5 Å². The van der Waals surface area contributed by atoms with E-state index in [9.17, 15) is 9.59 Å². The summed E-state index contributed by atoms with van der Waals surface area (Å²) in [5.41, 5.74) is 0.730. The van der Waals surface area contributed by atoms with Gasteiger partial charge in [-0.1, -0.05) is 73.7 Å². The van der Waals surface area contributed by atoms with Crippen molar-refractivity contribution < 1.29 is 14.3 Å². The Hall–Kier alpha value is -2.24. The fourth-order valence-electron chi connectivity index (χ4n) is 4.04. The van der Waals surface area contributed by atoms with Gasteiger partial charge in [0, 0.05) is 22.6 Å². The van der Waals surface area contributed by atoms with Crippen molar-refractivity contribution in [3.8, 4) is 5.75 Å². The van der Waals surface area contributed by atoms with Gasteiger partial charge in [-0.05, 0) is 49.1 Å². The fraction of sp³-hybridized carbons (Fsp3) is 0.440. The minimum absolute atomic E-state index is 0.127. The lowest BCUT2D eigenvalue weighted by molar-refractivity contribution is -0.143. The van der Waals surface area contributed by atoms with Crippen molar-refractivity contribution in [1.82, 2.24) is 10.2 Å². The molecule has 7 heteroatoms. The summed E-state index contributed by atoms with van der Waals surface area (Å²) in [7, 11) is 0. The summed E-state index contributed by atoms with van der Waals surface area (Å²) in [6.07, 6.45) is 5.90. The number of nitrogens with zero attached hydrogens (tertiary/aromatic N) is 1. The molecule has 0 unspecified atom stereocenters. The zero-order chi connectivity index (χ0) is 22.9. The lowest BCUT2D eigenvalue weighted by atomic mass is 9.95. The standard InChI is InChI=1S/C25H30Cl2N2O3/c1-2-23(25(31)28-20-9-5-3-6-10-20)29(16-18-13-14-19(26)15-22(18)27)24(30)17-32-21-11-7-4-8-12-21/h4,7-8,11-15,20,23H,2-3,5-6,9-10,16-17H2,1H3,(H,28,31)/t23-/m1/s1. The summed E-state index contributed by atoms with van der Waals surface area (Å²) < 4.78 is 5.68. The van der Waals surface area contributed by atoms with Crippen LogP contribution in [-0.2, 0) is 16.1 Å². The molecule has 32 heavy (non-hydrogen) atoms. The molecule has 0 heterocycles. The molecule has 0 aromatic heterocycles. The molecular formula is C25H30Cl2N2O3. The van der Waals surface area contributed by atoms with E-state index < -0.39 is 6.04 Å². The van der Waals surface area contributed by atoms with Gasteiger partial charge in [-0.25, -0.2) is 0 Å². The molecule has 3 rings (SSSR count). The average molecular weight is 477 g/mol.